The number of ether oxygens (including phenoxy) is 5. The molecular weight excluding hydrogens is 380 g/mol. The lowest BCUT2D eigenvalue weighted by Crippen LogP contribution is -2.52. The normalized spacial score (nSPS) is 29.6. The highest BCUT2D eigenvalue weighted by molar-refractivity contribution is 5.16. The molecule has 2 aromatic rings. The molecule has 0 aromatic heterocycles. The van der Waals surface area contributed by atoms with Gasteiger partial charge in [-0.2, -0.15) is 0 Å². The van der Waals surface area contributed by atoms with E-state index in [-0.39, 0.29) is 12.2 Å². The molecule has 0 saturated carbocycles. The van der Waals surface area contributed by atoms with Crippen LogP contribution in [0.1, 0.15) is 31.4 Å². The highest BCUT2D eigenvalue weighted by Crippen LogP contribution is 2.47. The summed E-state index contributed by atoms with van der Waals surface area (Å²) >= 11 is 0. The zero-order chi connectivity index (χ0) is 21.0. The van der Waals surface area contributed by atoms with Crippen molar-refractivity contribution in [2.75, 3.05) is 6.61 Å². The van der Waals surface area contributed by atoms with Crippen molar-refractivity contribution in [3.8, 4) is 0 Å². The highest BCUT2D eigenvalue weighted by atomic mass is 16.8. The fourth-order valence-corrected chi connectivity index (χ4v) is 4.16. The molecule has 2 fully saturated rings. The van der Waals surface area contributed by atoms with Crippen molar-refractivity contribution in [1.82, 2.24) is 0 Å². The second-order valence-corrected chi connectivity index (χ2v) is 8.27. The first-order valence-corrected chi connectivity index (χ1v) is 10.4. The van der Waals surface area contributed by atoms with E-state index in [0.717, 1.165) is 11.1 Å². The summed E-state index contributed by atoms with van der Waals surface area (Å²) < 4.78 is 31.1. The van der Waals surface area contributed by atoms with E-state index in [9.17, 15) is 0 Å². The third-order valence-corrected chi connectivity index (χ3v) is 5.58. The van der Waals surface area contributed by atoms with Gasteiger partial charge in [-0.25, -0.2) is 0 Å². The largest absolute Gasteiger partial charge is 0.374 e. The predicted octanol–water partition coefficient (Wildman–Crippen LogP) is 4.61. The van der Waals surface area contributed by atoms with Crippen molar-refractivity contribution in [3.63, 3.8) is 0 Å². The molecule has 0 aliphatic carbocycles. The number of benzene rings is 2. The zero-order valence-corrected chi connectivity index (χ0v) is 17.7. The van der Waals surface area contributed by atoms with Gasteiger partial charge in [-0.1, -0.05) is 66.7 Å². The molecule has 0 amide bonds. The molecule has 2 aromatic carbocycles. The van der Waals surface area contributed by atoms with Gasteiger partial charge >= 0.3 is 0 Å². The minimum Gasteiger partial charge on any atom is -0.374 e. The van der Waals surface area contributed by atoms with Gasteiger partial charge in [0.2, 0.25) is 0 Å². The second-order valence-electron chi connectivity index (χ2n) is 8.27. The quantitative estimate of drug-likeness (QED) is 0.565. The number of hydrogen-bond acceptors (Lipinski definition) is 5. The summed E-state index contributed by atoms with van der Waals surface area (Å²) in [6, 6.07) is 20.2. The molecule has 4 rings (SSSR count). The Morgan fingerprint density at radius 2 is 1.57 bits per heavy atom. The Morgan fingerprint density at radius 3 is 2.20 bits per heavy atom. The first kappa shape index (κ1) is 21.2. The average Bonchev–Trinajstić information content (AvgIpc) is 3.19. The maximum absolute atomic E-state index is 6.56. The maximum Gasteiger partial charge on any atom is 0.190 e. The highest BCUT2D eigenvalue weighted by Gasteiger charge is 2.64. The summed E-state index contributed by atoms with van der Waals surface area (Å²) in [5.74, 6) is -0.728. The first-order chi connectivity index (χ1) is 14.5. The van der Waals surface area contributed by atoms with Gasteiger partial charge in [0.25, 0.3) is 0 Å². The van der Waals surface area contributed by atoms with Gasteiger partial charge < -0.3 is 23.7 Å². The Balaban J connectivity index is 1.52. The molecule has 0 spiro atoms. The lowest BCUT2D eigenvalue weighted by Gasteiger charge is -2.37. The molecular formula is C25H30O5. The molecule has 0 radical (unpaired) electrons. The van der Waals surface area contributed by atoms with Crippen molar-refractivity contribution >= 4 is 0 Å². The molecule has 30 heavy (non-hydrogen) atoms. The van der Waals surface area contributed by atoms with E-state index >= 15 is 0 Å². The Bertz CT molecular complexity index is 822. The maximum atomic E-state index is 6.56. The van der Waals surface area contributed by atoms with Crippen LogP contribution in [-0.4, -0.2) is 36.5 Å². The Morgan fingerprint density at radius 1 is 0.933 bits per heavy atom. The van der Waals surface area contributed by atoms with E-state index in [1.165, 1.54) is 0 Å². The summed E-state index contributed by atoms with van der Waals surface area (Å²) in [6.07, 6.45) is 1.23. The predicted molar refractivity (Wildman–Crippen MR) is 114 cm³/mol. The van der Waals surface area contributed by atoms with E-state index in [1.54, 1.807) is 0 Å². The first-order valence-electron chi connectivity index (χ1n) is 10.4. The molecule has 4 atom stereocenters. The number of fused-ring (bicyclic) bond motifs is 1. The second kappa shape index (κ2) is 9.00. The van der Waals surface area contributed by atoms with E-state index < -0.39 is 17.7 Å². The van der Waals surface area contributed by atoms with Crippen LogP contribution in [0.25, 0.3) is 0 Å². The molecule has 2 saturated heterocycles. The molecule has 2 heterocycles. The molecule has 5 nitrogen and oxygen atoms in total. The van der Waals surface area contributed by atoms with Crippen molar-refractivity contribution in [2.45, 2.75) is 63.4 Å². The third-order valence-electron chi connectivity index (χ3n) is 5.58. The fraction of sp³-hybridized carbons (Fsp3) is 0.440. The van der Waals surface area contributed by atoms with Gasteiger partial charge in [-0.05, 0) is 31.4 Å². The molecule has 2 aliphatic heterocycles. The van der Waals surface area contributed by atoms with Gasteiger partial charge in [-0.3, -0.25) is 0 Å². The Kier molecular flexibility index (Phi) is 6.37. The van der Waals surface area contributed by atoms with Gasteiger partial charge in [0.05, 0.1) is 19.8 Å². The lowest BCUT2D eigenvalue weighted by atomic mass is 9.88. The van der Waals surface area contributed by atoms with E-state index in [2.05, 4.69) is 6.58 Å². The van der Waals surface area contributed by atoms with Gasteiger partial charge in [0.15, 0.2) is 12.1 Å². The lowest BCUT2D eigenvalue weighted by molar-refractivity contribution is -0.245. The van der Waals surface area contributed by atoms with Crippen molar-refractivity contribution in [3.05, 3.63) is 84.4 Å². The van der Waals surface area contributed by atoms with E-state index in [0.29, 0.717) is 26.2 Å². The van der Waals surface area contributed by atoms with Crippen molar-refractivity contribution < 1.29 is 23.7 Å². The Labute approximate surface area is 178 Å². The number of hydrogen-bond donors (Lipinski definition) is 0. The smallest absolute Gasteiger partial charge is 0.190 e. The molecule has 0 bridgehead atoms. The minimum absolute atomic E-state index is 0.339. The summed E-state index contributed by atoms with van der Waals surface area (Å²) in [7, 11) is 0. The van der Waals surface area contributed by atoms with Crippen molar-refractivity contribution in [2.24, 2.45) is 0 Å². The van der Waals surface area contributed by atoms with Crippen molar-refractivity contribution in [1.29, 1.82) is 0 Å². The van der Waals surface area contributed by atoms with Gasteiger partial charge in [0.1, 0.15) is 17.8 Å². The van der Waals surface area contributed by atoms with Gasteiger partial charge in [-0.15, -0.1) is 6.58 Å². The number of rotatable bonds is 9. The van der Waals surface area contributed by atoms with E-state index in [1.807, 2.05) is 80.6 Å². The molecule has 160 valence electrons. The van der Waals surface area contributed by atoms with Crippen LogP contribution in [0.4, 0.5) is 0 Å². The van der Waals surface area contributed by atoms with Crippen LogP contribution < -0.4 is 0 Å². The molecule has 0 N–H and O–H groups in total. The standard InChI is InChI=1S/C25H30O5/c1-4-15-25(27-17-20-13-9-6-10-14-20)21(18-26-16-19-11-7-5-8-12-19)28-23-22(25)29-24(2,3)30-23/h4-14,21-23H,1,15-18H2,2-3H3/t21-,22+,23-,25-/m1/s1. The fourth-order valence-electron chi connectivity index (χ4n) is 4.16. The summed E-state index contributed by atoms with van der Waals surface area (Å²) in [5.41, 5.74) is 1.46. The zero-order valence-electron chi connectivity index (χ0n) is 17.7. The average molecular weight is 411 g/mol. The topological polar surface area (TPSA) is 46.2 Å². The SMILES string of the molecule is C=CC[C@@]1(OCc2ccccc2)[C@@H](COCc2ccccc2)O[C@@H]2OC(C)(C)O[C@@H]21. The van der Waals surface area contributed by atoms with Crippen LogP contribution in [0.3, 0.4) is 0 Å². The van der Waals surface area contributed by atoms with Crippen LogP contribution in [0, 0.1) is 0 Å². The molecule has 2 aliphatic rings. The molecule has 5 heteroatoms. The van der Waals surface area contributed by atoms with E-state index in [4.69, 9.17) is 23.7 Å². The summed E-state index contributed by atoms with van der Waals surface area (Å²) in [5, 5.41) is 0. The van der Waals surface area contributed by atoms with Crippen LogP contribution in [-0.2, 0) is 36.9 Å². The monoisotopic (exact) mass is 410 g/mol. The Hall–Kier alpha value is -2.02. The van der Waals surface area contributed by atoms with Crippen LogP contribution in [0.2, 0.25) is 0 Å². The minimum atomic E-state index is -0.743. The van der Waals surface area contributed by atoms with Crippen LogP contribution >= 0.6 is 0 Å². The summed E-state index contributed by atoms with van der Waals surface area (Å²) in [4.78, 5) is 0. The third kappa shape index (κ3) is 4.51. The molecule has 0 unspecified atom stereocenters. The van der Waals surface area contributed by atoms with Crippen LogP contribution in [0.15, 0.2) is 73.3 Å². The van der Waals surface area contributed by atoms with Gasteiger partial charge in [0, 0.05) is 0 Å². The van der Waals surface area contributed by atoms with Crippen LogP contribution in [0.5, 0.6) is 0 Å². The summed E-state index contributed by atoms with van der Waals surface area (Å²) in [6.45, 7) is 9.08.